The Hall–Kier alpha value is -1.49. The largest absolute Gasteiger partial charge is 0.457 e. The minimum atomic E-state index is -0.672. The van der Waals surface area contributed by atoms with Crippen LogP contribution in [0, 0.1) is 23.0 Å². The highest BCUT2D eigenvalue weighted by Crippen LogP contribution is 2.35. The third-order valence-corrected chi connectivity index (χ3v) is 3.93. The Balaban J connectivity index is 2.30. The van der Waals surface area contributed by atoms with Crippen LogP contribution in [0.4, 0.5) is 8.78 Å². The Labute approximate surface area is 130 Å². The van der Waals surface area contributed by atoms with Gasteiger partial charge in [-0.3, -0.25) is 4.79 Å². The molecule has 0 amide bonds. The zero-order valence-corrected chi connectivity index (χ0v) is 13.3. The lowest BCUT2D eigenvalue weighted by Gasteiger charge is -2.32. The summed E-state index contributed by atoms with van der Waals surface area (Å²) in [6, 6.07) is 3.43. The van der Waals surface area contributed by atoms with Gasteiger partial charge in [-0.05, 0) is 58.8 Å². The first kappa shape index (κ1) is 16.9. The molecule has 1 atom stereocenters. The Morgan fingerprint density at radius 2 is 1.91 bits per heavy atom. The lowest BCUT2D eigenvalue weighted by molar-refractivity contribution is -0.162. The van der Waals surface area contributed by atoms with Gasteiger partial charge in [0.25, 0.3) is 0 Å². The molecule has 3 nitrogen and oxygen atoms in total. The Kier molecular flexibility index (Phi) is 5.16. The lowest BCUT2D eigenvalue weighted by Crippen LogP contribution is -2.34. The molecule has 1 aliphatic heterocycles. The average molecular weight is 311 g/mol. The normalized spacial score (nSPS) is 18.0. The molecule has 0 saturated carbocycles. The molecule has 0 spiro atoms. The second-order valence-corrected chi connectivity index (χ2v) is 6.83. The van der Waals surface area contributed by atoms with Crippen molar-refractivity contribution >= 4 is 5.97 Å². The SMILES string of the molecule is CC(C)(C)C(=O)OC(c1ccc(F)cc1F)C1CCNCC1. The van der Waals surface area contributed by atoms with Crippen LogP contribution in [0.3, 0.4) is 0 Å². The van der Waals surface area contributed by atoms with Gasteiger partial charge in [0.05, 0.1) is 5.41 Å². The van der Waals surface area contributed by atoms with E-state index < -0.39 is 23.2 Å². The van der Waals surface area contributed by atoms with Crippen molar-refractivity contribution in [2.24, 2.45) is 11.3 Å². The highest BCUT2D eigenvalue weighted by molar-refractivity contribution is 5.75. The number of rotatable bonds is 3. The van der Waals surface area contributed by atoms with Gasteiger partial charge in [0.1, 0.15) is 17.7 Å². The van der Waals surface area contributed by atoms with Gasteiger partial charge < -0.3 is 10.1 Å². The number of benzene rings is 1. The number of halogens is 2. The first-order valence-electron chi connectivity index (χ1n) is 7.66. The van der Waals surface area contributed by atoms with Gasteiger partial charge in [-0.25, -0.2) is 8.78 Å². The molecular formula is C17H23F2NO2. The Morgan fingerprint density at radius 1 is 1.27 bits per heavy atom. The van der Waals surface area contributed by atoms with E-state index in [0.29, 0.717) is 0 Å². The molecular weight excluding hydrogens is 288 g/mol. The fourth-order valence-electron chi connectivity index (χ4n) is 2.58. The van der Waals surface area contributed by atoms with Crippen LogP contribution in [0.5, 0.6) is 0 Å². The second-order valence-electron chi connectivity index (χ2n) is 6.83. The number of esters is 1. The van der Waals surface area contributed by atoms with Crippen molar-refractivity contribution in [1.29, 1.82) is 0 Å². The molecule has 1 heterocycles. The monoisotopic (exact) mass is 311 g/mol. The molecule has 0 aliphatic carbocycles. The summed E-state index contributed by atoms with van der Waals surface area (Å²) in [5.41, 5.74) is -0.410. The molecule has 2 rings (SSSR count). The van der Waals surface area contributed by atoms with Crippen molar-refractivity contribution in [2.45, 2.75) is 39.7 Å². The fourth-order valence-corrected chi connectivity index (χ4v) is 2.58. The average Bonchev–Trinajstić information content (AvgIpc) is 2.45. The molecule has 1 fully saturated rings. The lowest BCUT2D eigenvalue weighted by atomic mass is 9.87. The van der Waals surface area contributed by atoms with E-state index in [9.17, 15) is 13.6 Å². The smallest absolute Gasteiger partial charge is 0.311 e. The Bertz CT molecular complexity index is 534. The molecule has 122 valence electrons. The first-order valence-corrected chi connectivity index (χ1v) is 7.66. The molecule has 0 bridgehead atoms. The fraction of sp³-hybridized carbons (Fsp3) is 0.588. The molecule has 1 aromatic rings. The van der Waals surface area contributed by atoms with Gasteiger partial charge in [0, 0.05) is 17.5 Å². The molecule has 1 aromatic carbocycles. The van der Waals surface area contributed by atoms with Crippen LogP contribution in [0.15, 0.2) is 18.2 Å². The number of carbonyl (C=O) groups is 1. The summed E-state index contributed by atoms with van der Waals surface area (Å²) in [6.45, 7) is 6.88. The predicted molar refractivity (Wildman–Crippen MR) is 80.2 cm³/mol. The zero-order valence-electron chi connectivity index (χ0n) is 13.3. The van der Waals surface area contributed by atoms with E-state index >= 15 is 0 Å². The molecule has 1 saturated heterocycles. The van der Waals surface area contributed by atoms with E-state index in [2.05, 4.69) is 5.32 Å². The Morgan fingerprint density at radius 3 is 2.45 bits per heavy atom. The van der Waals surface area contributed by atoms with Gasteiger partial charge in [-0.1, -0.05) is 0 Å². The number of ether oxygens (including phenoxy) is 1. The minimum Gasteiger partial charge on any atom is -0.457 e. The molecule has 22 heavy (non-hydrogen) atoms. The van der Waals surface area contributed by atoms with E-state index in [1.807, 2.05) is 0 Å². The third kappa shape index (κ3) is 4.03. The standard InChI is InChI=1S/C17H23F2NO2/c1-17(2,3)16(21)22-15(11-6-8-20-9-7-11)13-5-4-12(18)10-14(13)19/h4-5,10-11,15,20H,6-9H2,1-3H3. The van der Waals surface area contributed by atoms with Crippen LogP contribution in [0.2, 0.25) is 0 Å². The molecule has 1 unspecified atom stereocenters. The molecule has 0 aromatic heterocycles. The molecule has 1 aliphatic rings. The van der Waals surface area contributed by atoms with Gasteiger partial charge in [0.15, 0.2) is 0 Å². The third-order valence-electron chi connectivity index (χ3n) is 3.93. The summed E-state index contributed by atoms with van der Waals surface area (Å²) in [7, 11) is 0. The van der Waals surface area contributed by atoms with Crippen molar-refractivity contribution in [3.05, 3.63) is 35.4 Å². The molecule has 0 radical (unpaired) electrons. The van der Waals surface area contributed by atoms with Crippen LogP contribution >= 0.6 is 0 Å². The van der Waals surface area contributed by atoms with E-state index in [0.717, 1.165) is 32.0 Å². The maximum atomic E-state index is 14.2. The van der Waals surface area contributed by atoms with Crippen LogP contribution in [-0.2, 0) is 9.53 Å². The number of nitrogens with one attached hydrogen (secondary N) is 1. The number of carbonyl (C=O) groups excluding carboxylic acids is 1. The van der Waals surface area contributed by atoms with Crippen molar-refractivity contribution in [2.75, 3.05) is 13.1 Å². The van der Waals surface area contributed by atoms with Crippen LogP contribution in [-0.4, -0.2) is 19.1 Å². The van der Waals surface area contributed by atoms with E-state index in [4.69, 9.17) is 4.74 Å². The maximum absolute atomic E-state index is 14.2. The van der Waals surface area contributed by atoms with Crippen molar-refractivity contribution in [3.8, 4) is 0 Å². The van der Waals surface area contributed by atoms with E-state index in [1.54, 1.807) is 20.8 Å². The van der Waals surface area contributed by atoms with Crippen LogP contribution in [0.25, 0.3) is 0 Å². The minimum absolute atomic E-state index is 0.0347. The summed E-state index contributed by atoms with van der Waals surface area (Å²) in [5, 5.41) is 3.23. The number of piperidine rings is 1. The van der Waals surface area contributed by atoms with Gasteiger partial charge in [0.2, 0.25) is 0 Å². The summed E-state index contributed by atoms with van der Waals surface area (Å²) in [5.74, 6) is -1.63. The van der Waals surface area contributed by atoms with Gasteiger partial charge in [-0.2, -0.15) is 0 Å². The molecule has 1 N–H and O–H groups in total. The topological polar surface area (TPSA) is 38.3 Å². The summed E-state index contributed by atoms with van der Waals surface area (Å²) in [4.78, 5) is 12.2. The zero-order chi connectivity index (χ0) is 16.3. The van der Waals surface area contributed by atoms with E-state index in [-0.39, 0.29) is 17.5 Å². The highest BCUT2D eigenvalue weighted by Gasteiger charge is 2.34. The van der Waals surface area contributed by atoms with Crippen molar-refractivity contribution in [3.63, 3.8) is 0 Å². The highest BCUT2D eigenvalue weighted by atomic mass is 19.1. The van der Waals surface area contributed by atoms with Crippen LogP contribution < -0.4 is 5.32 Å². The quantitative estimate of drug-likeness (QED) is 0.867. The number of hydrogen-bond donors (Lipinski definition) is 1. The first-order chi connectivity index (χ1) is 10.3. The predicted octanol–water partition coefficient (Wildman–Crippen LogP) is 3.59. The maximum Gasteiger partial charge on any atom is 0.311 e. The van der Waals surface area contributed by atoms with Gasteiger partial charge >= 0.3 is 5.97 Å². The summed E-state index contributed by atoms with van der Waals surface area (Å²) >= 11 is 0. The van der Waals surface area contributed by atoms with Gasteiger partial charge in [-0.15, -0.1) is 0 Å². The van der Waals surface area contributed by atoms with E-state index in [1.165, 1.54) is 12.1 Å². The summed E-state index contributed by atoms with van der Waals surface area (Å²) < 4.78 is 32.9. The van der Waals surface area contributed by atoms with Crippen LogP contribution in [0.1, 0.15) is 45.3 Å². The summed E-state index contributed by atoms with van der Waals surface area (Å²) in [6.07, 6.45) is 0.909. The molecule has 5 heteroatoms. The van der Waals surface area contributed by atoms with Crippen molar-refractivity contribution in [1.82, 2.24) is 5.32 Å². The number of hydrogen-bond acceptors (Lipinski definition) is 3. The van der Waals surface area contributed by atoms with Crippen molar-refractivity contribution < 1.29 is 18.3 Å². The second kappa shape index (κ2) is 6.73.